The molecule has 0 radical (unpaired) electrons. The second-order valence-corrected chi connectivity index (χ2v) is 3.24. The van der Waals surface area contributed by atoms with E-state index in [9.17, 15) is 0 Å². The van der Waals surface area contributed by atoms with Gasteiger partial charge in [0, 0.05) is 11.9 Å². The van der Waals surface area contributed by atoms with E-state index in [2.05, 4.69) is 36.8 Å². The fraction of sp³-hybridized carbons (Fsp3) is 0.333. The highest BCUT2D eigenvalue weighted by atomic mass is 32.2. The van der Waals surface area contributed by atoms with Crippen LogP contribution in [0.4, 0.5) is 5.69 Å². The Hall–Kier alpha value is -0.630. The lowest BCUT2D eigenvalue weighted by Crippen LogP contribution is -1.88. The Morgan fingerprint density at radius 3 is 2.55 bits per heavy atom. The summed E-state index contributed by atoms with van der Waals surface area (Å²) < 4.78 is 3.22. The quantitative estimate of drug-likeness (QED) is 0.679. The minimum Gasteiger partial charge on any atom is -0.330 e. The number of nitrogens with one attached hydrogen (secondary N) is 1. The molecule has 1 aromatic rings. The van der Waals surface area contributed by atoms with E-state index >= 15 is 0 Å². The van der Waals surface area contributed by atoms with Gasteiger partial charge >= 0.3 is 0 Å². The molecule has 0 fully saturated rings. The summed E-state index contributed by atoms with van der Waals surface area (Å²) in [6, 6.07) is 6.41. The average molecular weight is 167 g/mol. The van der Waals surface area contributed by atoms with Crippen LogP contribution >= 0.6 is 11.9 Å². The Bertz CT molecular complexity index is 245. The fourth-order valence-electron chi connectivity index (χ4n) is 1.04. The van der Waals surface area contributed by atoms with Crippen molar-refractivity contribution in [1.82, 2.24) is 0 Å². The molecule has 1 aromatic carbocycles. The van der Waals surface area contributed by atoms with Crippen LogP contribution in [0.15, 0.2) is 18.2 Å². The van der Waals surface area contributed by atoms with Gasteiger partial charge in [0.2, 0.25) is 0 Å². The van der Waals surface area contributed by atoms with Crippen molar-refractivity contribution in [2.24, 2.45) is 0 Å². The molecule has 0 aliphatic carbocycles. The predicted molar refractivity (Wildman–Crippen MR) is 53.1 cm³/mol. The third-order valence-corrected chi connectivity index (χ3v) is 2.02. The van der Waals surface area contributed by atoms with Gasteiger partial charge in [0.25, 0.3) is 0 Å². The van der Waals surface area contributed by atoms with Crippen LogP contribution in [0, 0.1) is 13.8 Å². The standard InChI is InChI=1S/C9H13NS/c1-7-4-5-9(10-11-3)8(2)6-7/h4-6,10H,1-3H3. The molecule has 0 aliphatic heterocycles. The van der Waals surface area contributed by atoms with Gasteiger partial charge in [-0.1, -0.05) is 29.6 Å². The summed E-state index contributed by atoms with van der Waals surface area (Å²) >= 11 is 1.62. The van der Waals surface area contributed by atoms with Crippen LogP contribution in [-0.2, 0) is 0 Å². The Kier molecular flexibility index (Phi) is 2.83. The molecule has 1 rings (SSSR count). The van der Waals surface area contributed by atoms with Crippen molar-refractivity contribution in [2.75, 3.05) is 11.0 Å². The number of benzene rings is 1. The summed E-state index contributed by atoms with van der Waals surface area (Å²) in [6.07, 6.45) is 2.03. The van der Waals surface area contributed by atoms with Gasteiger partial charge in [-0.2, -0.15) is 0 Å². The second-order valence-electron chi connectivity index (χ2n) is 2.62. The van der Waals surface area contributed by atoms with Gasteiger partial charge in [0.1, 0.15) is 0 Å². The lowest BCUT2D eigenvalue weighted by Gasteiger charge is -2.06. The summed E-state index contributed by atoms with van der Waals surface area (Å²) in [5.74, 6) is 0. The topological polar surface area (TPSA) is 12.0 Å². The van der Waals surface area contributed by atoms with E-state index in [1.54, 1.807) is 11.9 Å². The average Bonchev–Trinajstić information content (AvgIpc) is 1.95. The molecule has 2 heteroatoms. The highest BCUT2D eigenvalue weighted by Crippen LogP contribution is 2.17. The van der Waals surface area contributed by atoms with Gasteiger partial charge in [-0.3, -0.25) is 0 Å². The van der Waals surface area contributed by atoms with Gasteiger partial charge in [-0.05, 0) is 25.5 Å². The summed E-state index contributed by atoms with van der Waals surface area (Å²) in [6.45, 7) is 4.22. The van der Waals surface area contributed by atoms with Gasteiger partial charge in [0.15, 0.2) is 0 Å². The molecule has 0 spiro atoms. The van der Waals surface area contributed by atoms with Gasteiger partial charge in [-0.15, -0.1) is 0 Å². The first-order valence-corrected chi connectivity index (χ1v) is 4.83. The van der Waals surface area contributed by atoms with Gasteiger partial charge < -0.3 is 4.72 Å². The van der Waals surface area contributed by atoms with Crippen molar-refractivity contribution < 1.29 is 0 Å². The van der Waals surface area contributed by atoms with E-state index in [0.29, 0.717) is 0 Å². The molecule has 0 saturated heterocycles. The number of rotatable bonds is 2. The minimum absolute atomic E-state index is 1.21. The van der Waals surface area contributed by atoms with Crippen molar-refractivity contribution >= 4 is 17.6 Å². The maximum atomic E-state index is 3.22. The summed E-state index contributed by atoms with van der Waals surface area (Å²) in [5, 5.41) is 0. The molecule has 0 bridgehead atoms. The van der Waals surface area contributed by atoms with Crippen LogP contribution < -0.4 is 4.72 Å². The first-order chi connectivity index (χ1) is 5.24. The summed E-state index contributed by atoms with van der Waals surface area (Å²) in [4.78, 5) is 0. The minimum atomic E-state index is 1.21. The Morgan fingerprint density at radius 2 is 2.00 bits per heavy atom. The molecule has 11 heavy (non-hydrogen) atoms. The highest BCUT2D eigenvalue weighted by Gasteiger charge is 1.94. The van der Waals surface area contributed by atoms with Crippen LogP contribution in [-0.4, -0.2) is 6.26 Å². The molecule has 0 heterocycles. The molecular weight excluding hydrogens is 154 g/mol. The van der Waals surface area contributed by atoms with E-state index in [1.807, 2.05) is 6.26 Å². The third-order valence-electron chi connectivity index (χ3n) is 1.59. The molecule has 0 aliphatic rings. The van der Waals surface area contributed by atoms with Crippen molar-refractivity contribution in [3.8, 4) is 0 Å². The molecule has 60 valence electrons. The first-order valence-electron chi connectivity index (χ1n) is 3.60. The molecule has 0 aromatic heterocycles. The molecule has 0 saturated carbocycles. The Labute approximate surface area is 72.3 Å². The number of hydrogen-bond acceptors (Lipinski definition) is 2. The maximum absolute atomic E-state index is 3.22. The van der Waals surface area contributed by atoms with Crippen molar-refractivity contribution in [3.05, 3.63) is 29.3 Å². The monoisotopic (exact) mass is 167 g/mol. The second kappa shape index (κ2) is 3.67. The number of hydrogen-bond donors (Lipinski definition) is 1. The fourth-order valence-corrected chi connectivity index (χ4v) is 1.49. The van der Waals surface area contributed by atoms with Crippen LogP contribution in [0.5, 0.6) is 0 Å². The van der Waals surface area contributed by atoms with E-state index in [0.717, 1.165) is 0 Å². The smallest absolute Gasteiger partial charge is 0.0469 e. The zero-order valence-corrected chi connectivity index (χ0v) is 7.96. The van der Waals surface area contributed by atoms with Crippen LogP contribution in [0.3, 0.4) is 0 Å². The molecule has 0 unspecified atom stereocenters. The van der Waals surface area contributed by atoms with Crippen molar-refractivity contribution in [1.29, 1.82) is 0 Å². The number of anilines is 1. The zero-order valence-electron chi connectivity index (χ0n) is 7.14. The summed E-state index contributed by atoms with van der Waals surface area (Å²) in [5.41, 5.74) is 3.83. The van der Waals surface area contributed by atoms with E-state index in [1.165, 1.54) is 16.8 Å². The first kappa shape index (κ1) is 8.47. The third kappa shape index (κ3) is 2.15. The van der Waals surface area contributed by atoms with Gasteiger partial charge in [0.05, 0.1) is 0 Å². The lowest BCUT2D eigenvalue weighted by atomic mass is 10.1. The van der Waals surface area contributed by atoms with Crippen LogP contribution in [0.25, 0.3) is 0 Å². The number of aryl methyl sites for hydroxylation is 2. The Balaban J connectivity index is 2.90. The van der Waals surface area contributed by atoms with Crippen molar-refractivity contribution in [3.63, 3.8) is 0 Å². The van der Waals surface area contributed by atoms with Gasteiger partial charge in [-0.25, -0.2) is 0 Å². The molecule has 0 atom stereocenters. The largest absolute Gasteiger partial charge is 0.330 e. The Morgan fingerprint density at radius 1 is 1.27 bits per heavy atom. The molecule has 1 N–H and O–H groups in total. The van der Waals surface area contributed by atoms with Crippen LogP contribution in [0.2, 0.25) is 0 Å². The lowest BCUT2D eigenvalue weighted by molar-refractivity contribution is 1.39. The molecule has 1 nitrogen and oxygen atoms in total. The zero-order chi connectivity index (χ0) is 8.27. The maximum Gasteiger partial charge on any atom is 0.0469 e. The van der Waals surface area contributed by atoms with Crippen LogP contribution in [0.1, 0.15) is 11.1 Å². The normalized spacial score (nSPS) is 9.73. The van der Waals surface area contributed by atoms with E-state index in [4.69, 9.17) is 0 Å². The predicted octanol–water partition coefficient (Wildman–Crippen LogP) is 2.99. The SMILES string of the molecule is CSNc1ccc(C)cc1C. The van der Waals surface area contributed by atoms with E-state index in [-0.39, 0.29) is 0 Å². The molecular formula is C9H13NS. The van der Waals surface area contributed by atoms with E-state index < -0.39 is 0 Å². The van der Waals surface area contributed by atoms with Crippen molar-refractivity contribution in [2.45, 2.75) is 13.8 Å². The molecule has 0 amide bonds. The highest BCUT2D eigenvalue weighted by molar-refractivity contribution is 7.99. The summed E-state index contributed by atoms with van der Waals surface area (Å²) in [7, 11) is 0.